The summed E-state index contributed by atoms with van der Waals surface area (Å²) in [5.41, 5.74) is 3.17. The van der Waals surface area contributed by atoms with Crippen molar-refractivity contribution in [2.75, 3.05) is 18.0 Å². The van der Waals surface area contributed by atoms with Gasteiger partial charge in [-0.3, -0.25) is 14.5 Å². The number of anilines is 1. The lowest BCUT2D eigenvalue weighted by atomic mass is 9.97. The van der Waals surface area contributed by atoms with Crippen LogP contribution in [0.15, 0.2) is 24.4 Å². The largest absolute Gasteiger partial charge is 0.346 e. The van der Waals surface area contributed by atoms with Gasteiger partial charge in [0.1, 0.15) is 11.5 Å². The molecule has 26 heavy (non-hydrogen) atoms. The van der Waals surface area contributed by atoms with E-state index in [1.54, 1.807) is 4.90 Å². The molecule has 134 valence electrons. The van der Waals surface area contributed by atoms with E-state index in [1.165, 1.54) is 5.57 Å². The zero-order valence-electron chi connectivity index (χ0n) is 14.6. The topological polar surface area (TPSA) is 69.3 Å². The van der Waals surface area contributed by atoms with Gasteiger partial charge in [0, 0.05) is 36.6 Å². The number of pyridine rings is 1. The molecule has 0 saturated heterocycles. The van der Waals surface area contributed by atoms with Crippen molar-refractivity contribution in [3.05, 3.63) is 30.0 Å². The molecule has 0 unspecified atom stereocenters. The van der Waals surface area contributed by atoms with Crippen LogP contribution in [0.3, 0.4) is 0 Å². The monoisotopic (exact) mass is 350 g/mol. The van der Waals surface area contributed by atoms with E-state index >= 15 is 0 Å². The molecule has 0 atom stereocenters. The van der Waals surface area contributed by atoms with Crippen molar-refractivity contribution in [3.63, 3.8) is 0 Å². The van der Waals surface area contributed by atoms with Crippen LogP contribution in [0.5, 0.6) is 0 Å². The molecule has 5 rings (SSSR count). The van der Waals surface area contributed by atoms with Gasteiger partial charge >= 0.3 is 0 Å². The molecular weight excluding hydrogens is 328 g/mol. The number of carbonyl (C=O) groups excluding carboxylic acids is 2. The molecule has 2 saturated carbocycles. The summed E-state index contributed by atoms with van der Waals surface area (Å²) in [5, 5.41) is 1.07. The molecule has 2 aromatic heterocycles. The van der Waals surface area contributed by atoms with Gasteiger partial charge in [-0.1, -0.05) is 6.08 Å². The fraction of sp³-hybridized carbons (Fsp3) is 0.450. The Hall–Kier alpha value is -2.63. The van der Waals surface area contributed by atoms with Crippen LogP contribution in [0.4, 0.5) is 5.82 Å². The van der Waals surface area contributed by atoms with Crippen LogP contribution < -0.4 is 4.90 Å². The molecule has 0 spiro atoms. The Morgan fingerprint density at radius 1 is 1.31 bits per heavy atom. The summed E-state index contributed by atoms with van der Waals surface area (Å²) in [4.78, 5) is 35.4. The predicted molar refractivity (Wildman–Crippen MR) is 99.6 cm³/mol. The molecule has 6 nitrogen and oxygen atoms in total. The van der Waals surface area contributed by atoms with Crippen LogP contribution in [-0.2, 0) is 9.59 Å². The minimum atomic E-state index is 0.272. The van der Waals surface area contributed by atoms with E-state index in [1.807, 2.05) is 23.2 Å². The number of H-pyrrole nitrogens is 1. The summed E-state index contributed by atoms with van der Waals surface area (Å²) >= 11 is 0. The van der Waals surface area contributed by atoms with E-state index in [-0.39, 0.29) is 12.0 Å². The van der Waals surface area contributed by atoms with E-state index in [2.05, 4.69) is 16.0 Å². The van der Waals surface area contributed by atoms with Crippen LogP contribution >= 0.6 is 0 Å². The predicted octanol–water partition coefficient (Wildman–Crippen LogP) is 2.71. The third-order valence-corrected chi connectivity index (χ3v) is 5.63. The number of hydrogen-bond acceptors (Lipinski definition) is 3. The second kappa shape index (κ2) is 5.97. The van der Waals surface area contributed by atoms with Crippen molar-refractivity contribution in [2.24, 2.45) is 5.92 Å². The molecule has 2 fully saturated rings. The zero-order chi connectivity index (χ0) is 17.7. The third kappa shape index (κ3) is 2.69. The molecule has 1 N–H and O–H groups in total. The van der Waals surface area contributed by atoms with Gasteiger partial charge in [-0.25, -0.2) is 4.98 Å². The van der Waals surface area contributed by atoms with E-state index in [9.17, 15) is 9.59 Å². The standard InChI is InChI=1S/C20H22N4O2/c25-12-24(15-3-4-15)18-11-17(16-5-8-21-19(16)22-18)13-6-9-23(10-7-13)20(26)14-1-2-14/h5-6,8,11-12,14-15H,1-4,7,9-10H2,(H,21,22). The minimum Gasteiger partial charge on any atom is -0.346 e. The first kappa shape index (κ1) is 15.6. The molecule has 2 aromatic rings. The fourth-order valence-electron chi connectivity index (χ4n) is 3.80. The normalized spacial score (nSPS) is 20.2. The maximum atomic E-state index is 12.3. The van der Waals surface area contributed by atoms with Gasteiger partial charge in [0.05, 0.1) is 0 Å². The molecule has 3 aliphatic rings. The SMILES string of the molecule is O=CN(c1cc(C2=CCN(C(=O)C3CC3)CC2)c2cc[nH]c2n1)C1CC1. The van der Waals surface area contributed by atoms with Crippen molar-refractivity contribution >= 4 is 34.7 Å². The summed E-state index contributed by atoms with van der Waals surface area (Å²) in [6.07, 6.45) is 9.96. The van der Waals surface area contributed by atoms with Crippen LogP contribution in [0.25, 0.3) is 16.6 Å². The van der Waals surface area contributed by atoms with Crippen molar-refractivity contribution in [3.8, 4) is 0 Å². The summed E-state index contributed by atoms with van der Waals surface area (Å²) < 4.78 is 0. The van der Waals surface area contributed by atoms with Crippen molar-refractivity contribution in [1.29, 1.82) is 0 Å². The van der Waals surface area contributed by atoms with Crippen molar-refractivity contribution in [1.82, 2.24) is 14.9 Å². The highest BCUT2D eigenvalue weighted by Crippen LogP contribution is 2.36. The second-order valence-corrected chi connectivity index (χ2v) is 7.55. The van der Waals surface area contributed by atoms with Gasteiger partial charge < -0.3 is 9.88 Å². The minimum absolute atomic E-state index is 0.272. The first-order valence-corrected chi connectivity index (χ1v) is 9.44. The summed E-state index contributed by atoms with van der Waals surface area (Å²) in [7, 11) is 0. The zero-order valence-corrected chi connectivity index (χ0v) is 14.6. The Bertz CT molecular complexity index is 908. The van der Waals surface area contributed by atoms with E-state index in [0.29, 0.717) is 18.3 Å². The highest BCUT2D eigenvalue weighted by molar-refractivity contribution is 5.94. The molecular formula is C20H22N4O2. The maximum Gasteiger partial charge on any atom is 0.225 e. The average Bonchev–Trinajstić information content (AvgIpc) is 3.60. The number of amides is 2. The quantitative estimate of drug-likeness (QED) is 0.843. The van der Waals surface area contributed by atoms with Crippen LogP contribution in [0.1, 0.15) is 37.7 Å². The van der Waals surface area contributed by atoms with Gasteiger partial charge in [0.2, 0.25) is 12.3 Å². The molecule has 6 heteroatoms. The number of nitrogens with one attached hydrogen (secondary N) is 1. The Kier molecular flexibility index (Phi) is 3.58. The lowest BCUT2D eigenvalue weighted by Gasteiger charge is -2.27. The lowest BCUT2D eigenvalue weighted by molar-refractivity contribution is -0.132. The molecule has 2 aliphatic carbocycles. The van der Waals surface area contributed by atoms with Crippen LogP contribution in [0.2, 0.25) is 0 Å². The fourth-order valence-corrected chi connectivity index (χ4v) is 3.80. The molecule has 0 bridgehead atoms. The highest BCUT2D eigenvalue weighted by atomic mass is 16.2. The van der Waals surface area contributed by atoms with E-state index in [4.69, 9.17) is 0 Å². The highest BCUT2D eigenvalue weighted by Gasteiger charge is 2.34. The molecule has 0 aromatic carbocycles. The van der Waals surface area contributed by atoms with Gasteiger partial charge in [0.25, 0.3) is 0 Å². The number of carbonyl (C=O) groups is 2. The Morgan fingerprint density at radius 2 is 2.15 bits per heavy atom. The number of nitrogens with zero attached hydrogens (tertiary/aromatic N) is 3. The maximum absolute atomic E-state index is 12.3. The number of hydrogen-bond donors (Lipinski definition) is 1. The van der Waals surface area contributed by atoms with E-state index in [0.717, 1.165) is 61.7 Å². The Morgan fingerprint density at radius 3 is 2.81 bits per heavy atom. The molecule has 3 heterocycles. The number of aromatic amines is 1. The summed E-state index contributed by atoms with van der Waals surface area (Å²) in [5.74, 6) is 1.29. The van der Waals surface area contributed by atoms with Gasteiger partial charge in [-0.15, -0.1) is 0 Å². The summed E-state index contributed by atoms with van der Waals surface area (Å²) in [6, 6.07) is 4.35. The first-order valence-electron chi connectivity index (χ1n) is 9.44. The Balaban J connectivity index is 1.48. The van der Waals surface area contributed by atoms with Gasteiger partial charge in [-0.2, -0.15) is 0 Å². The van der Waals surface area contributed by atoms with Crippen molar-refractivity contribution < 1.29 is 9.59 Å². The summed E-state index contributed by atoms with van der Waals surface area (Å²) in [6.45, 7) is 1.44. The van der Waals surface area contributed by atoms with E-state index < -0.39 is 0 Å². The second-order valence-electron chi connectivity index (χ2n) is 7.55. The van der Waals surface area contributed by atoms with Crippen LogP contribution in [0, 0.1) is 5.92 Å². The molecule has 2 amide bonds. The number of rotatable bonds is 5. The van der Waals surface area contributed by atoms with Gasteiger partial charge in [0.15, 0.2) is 0 Å². The van der Waals surface area contributed by atoms with Gasteiger partial charge in [-0.05, 0) is 55.4 Å². The van der Waals surface area contributed by atoms with Crippen molar-refractivity contribution in [2.45, 2.75) is 38.1 Å². The molecule has 0 radical (unpaired) electrons. The Labute approximate surface area is 151 Å². The third-order valence-electron chi connectivity index (χ3n) is 5.63. The molecule has 1 aliphatic heterocycles. The lowest BCUT2D eigenvalue weighted by Crippen LogP contribution is -2.35. The van der Waals surface area contributed by atoms with Crippen LogP contribution in [-0.4, -0.2) is 46.3 Å². The first-order chi connectivity index (χ1) is 12.7. The smallest absolute Gasteiger partial charge is 0.225 e. The number of fused-ring (bicyclic) bond motifs is 1. The number of aromatic nitrogens is 2. The average molecular weight is 350 g/mol.